The summed E-state index contributed by atoms with van der Waals surface area (Å²) in [5.74, 6) is 0.268. The van der Waals surface area contributed by atoms with Crippen molar-refractivity contribution in [3.63, 3.8) is 0 Å². The van der Waals surface area contributed by atoms with Gasteiger partial charge in [-0.2, -0.15) is 0 Å². The third-order valence-corrected chi connectivity index (χ3v) is 3.53. The Morgan fingerprint density at radius 2 is 2.25 bits per heavy atom. The van der Waals surface area contributed by atoms with Crippen LogP contribution in [0.4, 0.5) is 5.69 Å². The molecule has 0 spiro atoms. The van der Waals surface area contributed by atoms with E-state index in [-0.39, 0.29) is 5.97 Å². The zero-order chi connectivity index (χ0) is 14.5. The summed E-state index contributed by atoms with van der Waals surface area (Å²) in [7, 11) is 1.58. The maximum Gasteiger partial charge on any atom is 0.357 e. The van der Waals surface area contributed by atoms with Gasteiger partial charge in [-0.25, -0.2) is 9.78 Å². The lowest BCUT2D eigenvalue weighted by atomic mass is 10.1. The molecule has 0 saturated carbocycles. The van der Waals surface area contributed by atoms with Gasteiger partial charge in [0, 0.05) is 11.8 Å². The van der Waals surface area contributed by atoms with Crippen molar-refractivity contribution in [2.45, 2.75) is 13.3 Å². The Morgan fingerprint density at radius 1 is 1.45 bits per heavy atom. The highest BCUT2D eigenvalue weighted by atomic mass is 32.1. The summed E-state index contributed by atoms with van der Waals surface area (Å²) in [5.41, 5.74) is 7.83. The number of hydrogen-bond acceptors (Lipinski definition) is 6. The first kappa shape index (κ1) is 14.3. The Bertz CT molecular complexity index is 610. The van der Waals surface area contributed by atoms with E-state index in [0.29, 0.717) is 30.2 Å². The van der Waals surface area contributed by atoms with Crippen LogP contribution in [0.2, 0.25) is 0 Å². The number of hydrogen-bond donors (Lipinski definition) is 1. The van der Waals surface area contributed by atoms with Gasteiger partial charge in [0.2, 0.25) is 0 Å². The zero-order valence-corrected chi connectivity index (χ0v) is 12.2. The quantitative estimate of drug-likeness (QED) is 0.677. The van der Waals surface area contributed by atoms with E-state index in [2.05, 4.69) is 4.98 Å². The lowest BCUT2D eigenvalue weighted by Crippen LogP contribution is -2.05. The number of methoxy groups -OCH3 is 1. The first-order valence-electron chi connectivity index (χ1n) is 6.18. The second-order valence-corrected chi connectivity index (χ2v) is 5.04. The molecule has 0 aliphatic rings. The molecule has 6 heteroatoms. The number of nitrogen functional groups attached to an aromatic ring is 1. The van der Waals surface area contributed by atoms with Gasteiger partial charge < -0.3 is 15.2 Å². The van der Waals surface area contributed by atoms with Gasteiger partial charge in [0.05, 0.1) is 24.4 Å². The van der Waals surface area contributed by atoms with Crippen molar-refractivity contribution in [2.24, 2.45) is 0 Å². The van der Waals surface area contributed by atoms with Crippen LogP contribution in [0.15, 0.2) is 23.6 Å². The Morgan fingerprint density at radius 3 is 2.90 bits per heavy atom. The normalized spacial score (nSPS) is 10.3. The molecule has 1 aromatic carbocycles. The van der Waals surface area contributed by atoms with E-state index < -0.39 is 0 Å². The number of nitrogens with two attached hydrogens (primary N) is 1. The molecule has 0 atom stereocenters. The first-order chi connectivity index (χ1) is 9.63. The molecule has 0 radical (unpaired) electrons. The Hall–Kier alpha value is -2.08. The van der Waals surface area contributed by atoms with Gasteiger partial charge in [0.15, 0.2) is 5.69 Å². The number of carbonyl (C=O) groups is 1. The Kier molecular flexibility index (Phi) is 4.57. The van der Waals surface area contributed by atoms with Crippen LogP contribution in [0.1, 0.15) is 28.0 Å². The van der Waals surface area contributed by atoms with E-state index in [0.717, 1.165) is 10.6 Å². The van der Waals surface area contributed by atoms with Crippen molar-refractivity contribution in [3.8, 4) is 5.75 Å². The number of carbonyl (C=O) groups excluding carboxylic acids is 1. The summed E-state index contributed by atoms with van der Waals surface area (Å²) in [5, 5.41) is 2.55. The van der Waals surface area contributed by atoms with Gasteiger partial charge in [-0.15, -0.1) is 11.3 Å². The van der Waals surface area contributed by atoms with E-state index >= 15 is 0 Å². The molecular formula is C14H16N2O3S. The highest BCUT2D eigenvalue weighted by molar-refractivity contribution is 7.09. The molecule has 2 aromatic rings. The molecule has 0 amide bonds. The molecule has 106 valence electrons. The summed E-state index contributed by atoms with van der Waals surface area (Å²) in [4.78, 5) is 15.8. The first-order valence-corrected chi connectivity index (χ1v) is 7.06. The van der Waals surface area contributed by atoms with Crippen molar-refractivity contribution in [2.75, 3.05) is 19.5 Å². The number of aromatic nitrogens is 1. The van der Waals surface area contributed by atoms with Crippen LogP contribution in [-0.2, 0) is 11.2 Å². The SMILES string of the molecule is CCOC(=O)c1csc(Cc2ccc(OC)c(N)c2)n1. The monoisotopic (exact) mass is 292 g/mol. The van der Waals surface area contributed by atoms with Gasteiger partial charge in [-0.1, -0.05) is 6.07 Å². The maximum absolute atomic E-state index is 11.5. The average Bonchev–Trinajstić information content (AvgIpc) is 2.88. The fourth-order valence-electron chi connectivity index (χ4n) is 1.76. The number of anilines is 1. The maximum atomic E-state index is 11.5. The fourth-order valence-corrected chi connectivity index (χ4v) is 2.56. The Balaban J connectivity index is 2.10. The fraction of sp³-hybridized carbons (Fsp3) is 0.286. The number of thiazole rings is 1. The van der Waals surface area contributed by atoms with E-state index in [1.54, 1.807) is 19.4 Å². The number of rotatable bonds is 5. The molecule has 0 aliphatic heterocycles. The summed E-state index contributed by atoms with van der Waals surface area (Å²) in [6, 6.07) is 5.61. The minimum Gasteiger partial charge on any atom is -0.495 e. The van der Waals surface area contributed by atoms with Gasteiger partial charge in [0.25, 0.3) is 0 Å². The molecule has 1 heterocycles. The molecule has 2 N–H and O–H groups in total. The summed E-state index contributed by atoms with van der Waals surface area (Å²) < 4.78 is 10.0. The smallest absolute Gasteiger partial charge is 0.357 e. The molecule has 20 heavy (non-hydrogen) atoms. The lowest BCUT2D eigenvalue weighted by Gasteiger charge is -2.06. The minimum absolute atomic E-state index is 0.348. The highest BCUT2D eigenvalue weighted by Crippen LogP contribution is 2.24. The molecule has 0 fully saturated rings. The van der Waals surface area contributed by atoms with E-state index in [4.69, 9.17) is 15.2 Å². The van der Waals surface area contributed by atoms with Crippen LogP contribution < -0.4 is 10.5 Å². The molecule has 2 rings (SSSR count). The van der Waals surface area contributed by atoms with Crippen molar-refractivity contribution >= 4 is 23.0 Å². The van der Waals surface area contributed by atoms with Gasteiger partial charge in [0.1, 0.15) is 5.75 Å². The van der Waals surface area contributed by atoms with Crippen molar-refractivity contribution in [1.29, 1.82) is 0 Å². The summed E-state index contributed by atoms with van der Waals surface area (Å²) >= 11 is 1.43. The summed E-state index contributed by atoms with van der Waals surface area (Å²) in [6.07, 6.45) is 0.623. The molecular weight excluding hydrogens is 276 g/mol. The number of benzene rings is 1. The van der Waals surface area contributed by atoms with E-state index in [1.807, 2.05) is 18.2 Å². The third kappa shape index (κ3) is 3.27. The van der Waals surface area contributed by atoms with Crippen LogP contribution in [0.5, 0.6) is 5.75 Å². The molecule has 5 nitrogen and oxygen atoms in total. The molecule has 1 aromatic heterocycles. The molecule has 0 unspecified atom stereocenters. The standard InChI is InChI=1S/C14H16N2O3S/c1-3-19-14(17)11-8-20-13(16-11)7-9-4-5-12(18-2)10(15)6-9/h4-6,8H,3,7,15H2,1-2H3. The van der Waals surface area contributed by atoms with Crippen molar-refractivity contribution < 1.29 is 14.3 Å². The van der Waals surface area contributed by atoms with E-state index in [9.17, 15) is 4.79 Å². The molecule has 0 saturated heterocycles. The lowest BCUT2D eigenvalue weighted by molar-refractivity contribution is 0.0520. The molecule has 0 aliphatic carbocycles. The van der Waals surface area contributed by atoms with E-state index in [1.165, 1.54) is 11.3 Å². The Labute approximate surface area is 121 Å². The number of nitrogens with zero attached hydrogens (tertiary/aromatic N) is 1. The van der Waals surface area contributed by atoms with Crippen LogP contribution in [0, 0.1) is 0 Å². The second kappa shape index (κ2) is 6.38. The van der Waals surface area contributed by atoms with Gasteiger partial charge in [-0.3, -0.25) is 0 Å². The second-order valence-electron chi connectivity index (χ2n) is 4.10. The van der Waals surface area contributed by atoms with Crippen LogP contribution in [0.3, 0.4) is 0 Å². The van der Waals surface area contributed by atoms with Crippen molar-refractivity contribution in [1.82, 2.24) is 4.98 Å². The van der Waals surface area contributed by atoms with Gasteiger partial charge >= 0.3 is 5.97 Å². The number of esters is 1. The van der Waals surface area contributed by atoms with Crippen molar-refractivity contribution in [3.05, 3.63) is 39.8 Å². The minimum atomic E-state index is -0.385. The summed E-state index contributed by atoms with van der Waals surface area (Å²) in [6.45, 7) is 2.12. The highest BCUT2D eigenvalue weighted by Gasteiger charge is 2.12. The van der Waals surface area contributed by atoms with Crippen LogP contribution >= 0.6 is 11.3 Å². The molecule has 0 bridgehead atoms. The largest absolute Gasteiger partial charge is 0.495 e. The topological polar surface area (TPSA) is 74.4 Å². The number of ether oxygens (including phenoxy) is 2. The predicted octanol–water partition coefficient (Wildman–Crippen LogP) is 2.50. The average molecular weight is 292 g/mol. The predicted molar refractivity (Wildman–Crippen MR) is 78.3 cm³/mol. The van der Waals surface area contributed by atoms with Crippen LogP contribution in [0.25, 0.3) is 0 Å². The van der Waals surface area contributed by atoms with Gasteiger partial charge in [-0.05, 0) is 24.6 Å². The zero-order valence-electron chi connectivity index (χ0n) is 11.4. The van der Waals surface area contributed by atoms with Crippen LogP contribution in [-0.4, -0.2) is 24.7 Å². The third-order valence-electron chi connectivity index (χ3n) is 2.69.